The van der Waals surface area contributed by atoms with Crippen LogP contribution in [0, 0.1) is 0 Å². The van der Waals surface area contributed by atoms with E-state index in [0.717, 1.165) is 12.8 Å². The van der Waals surface area contributed by atoms with E-state index in [9.17, 15) is 13.5 Å². The predicted octanol–water partition coefficient (Wildman–Crippen LogP) is 2.65. The molecule has 1 aliphatic rings. The van der Waals surface area contributed by atoms with E-state index in [1.807, 2.05) is 6.92 Å². The van der Waals surface area contributed by atoms with Gasteiger partial charge in [-0.15, -0.1) is 0 Å². The minimum Gasteiger partial charge on any atom is -0.391 e. The Morgan fingerprint density at radius 3 is 2.85 bits per heavy atom. The van der Waals surface area contributed by atoms with Crippen molar-refractivity contribution in [2.75, 3.05) is 6.54 Å². The van der Waals surface area contributed by atoms with E-state index in [4.69, 9.17) is 11.6 Å². The molecule has 1 heterocycles. The first-order valence-electron chi connectivity index (χ1n) is 6.92. The fourth-order valence-electron chi connectivity index (χ4n) is 2.65. The van der Waals surface area contributed by atoms with Crippen LogP contribution in [0.2, 0.25) is 5.02 Å². The summed E-state index contributed by atoms with van der Waals surface area (Å²) in [6.45, 7) is 2.32. The molecule has 6 heteroatoms. The van der Waals surface area contributed by atoms with Crippen LogP contribution in [-0.4, -0.2) is 36.5 Å². The van der Waals surface area contributed by atoms with Crippen LogP contribution in [0.25, 0.3) is 0 Å². The van der Waals surface area contributed by atoms with Gasteiger partial charge in [0.15, 0.2) is 0 Å². The molecule has 1 saturated heterocycles. The maximum atomic E-state index is 12.7. The molecule has 4 nitrogen and oxygen atoms in total. The van der Waals surface area contributed by atoms with Crippen LogP contribution >= 0.6 is 11.6 Å². The summed E-state index contributed by atoms with van der Waals surface area (Å²) in [5, 5.41) is 10.5. The summed E-state index contributed by atoms with van der Waals surface area (Å²) >= 11 is 5.88. The molecule has 2 unspecified atom stereocenters. The SMILES string of the molecule is CCC(O)C1CCCCN1S(=O)(=O)c1cccc(Cl)c1. The molecule has 0 saturated carbocycles. The Bertz CT molecular complexity index is 561. The van der Waals surface area contributed by atoms with E-state index >= 15 is 0 Å². The summed E-state index contributed by atoms with van der Waals surface area (Å²) in [5.41, 5.74) is 0. The molecule has 0 spiro atoms. The molecule has 112 valence electrons. The van der Waals surface area contributed by atoms with Crippen LogP contribution < -0.4 is 0 Å². The molecule has 2 atom stereocenters. The molecule has 2 rings (SSSR count). The van der Waals surface area contributed by atoms with Crippen molar-refractivity contribution in [2.45, 2.75) is 49.6 Å². The largest absolute Gasteiger partial charge is 0.391 e. The average Bonchev–Trinajstić information content (AvgIpc) is 2.46. The van der Waals surface area contributed by atoms with Gasteiger partial charge in [-0.2, -0.15) is 4.31 Å². The third kappa shape index (κ3) is 3.17. The zero-order valence-corrected chi connectivity index (χ0v) is 13.1. The zero-order chi connectivity index (χ0) is 14.8. The highest BCUT2D eigenvalue weighted by Gasteiger charge is 2.36. The number of halogens is 1. The number of nitrogens with zero attached hydrogens (tertiary/aromatic N) is 1. The van der Waals surface area contributed by atoms with Crippen LogP contribution in [0.3, 0.4) is 0 Å². The highest BCUT2D eigenvalue weighted by Crippen LogP contribution is 2.28. The molecule has 0 aromatic heterocycles. The van der Waals surface area contributed by atoms with Gasteiger partial charge in [-0.1, -0.05) is 31.0 Å². The number of aliphatic hydroxyl groups is 1. The average molecular weight is 318 g/mol. The molecule has 20 heavy (non-hydrogen) atoms. The van der Waals surface area contributed by atoms with Crippen molar-refractivity contribution >= 4 is 21.6 Å². The topological polar surface area (TPSA) is 57.6 Å². The number of rotatable bonds is 4. The third-order valence-electron chi connectivity index (χ3n) is 3.76. The van der Waals surface area contributed by atoms with Gasteiger partial charge in [0.05, 0.1) is 17.0 Å². The van der Waals surface area contributed by atoms with Crippen LogP contribution in [0.5, 0.6) is 0 Å². The maximum absolute atomic E-state index is 12.7. The van der Waals surface area contributed by atoms with Crippen molar-refractivity contribution in [3.05, 3.63) is 29.3 Å². The summed E-state index contributed by atoms with van der Waals surface area (Å²) in [4.78, 5) is 0.195. The second-order valence-electron chi connectivity index (χ2n) is 5.11. The van der Waals surface area contributed by atoms with Crippen LogP contribution in [0.15, 0.2) is 29.2 Å². The van der Waals surface area contributed by atoms with E-state index in [2.05, 4.69) is 0 Å². The lowest BCUT2D eigenvalue weighted by Crippen LogP contribution is -2.49. The van der Waals surface area contributed by atoms with Crippen molar-refractivity contribution < 1.29 is 13.5 Å². The lowest BCUT2D eigenvalue weighted by Gasteiger charge is -2.37. The van der Waals surface area contributed by atoms with Crippen LogP contribution in [0.4, 0.5) is 0 Å². The summed E-state index contributed by atoms with van der Waals surface area (Å²) in [7, 11) is -3.60. The summed E-state index contributed by atoms with van der Waals surface area (Å²) in [5.74, 6) is 0. The number of aliphatic hydroxyl groups excluding tert-OH is 1. The molecule has 1 fully saturated rings. The van der Waals surface area contributed by atoms with Crippen LogP contribution in [-0.2, 0) is 10.0 Å². The fraction of sp³-hybridized carbons (Fsp3) is 0.571. The minimum atomic E-state index is -3.60. The van der Waals surface area contributed by atoms with Crippen LogP contribution in [0.1, 0.15) is 32.6 Å². The highest BCUT2D eigenvalue weighted by atomic mass is 35.5. The number of benzene rings is 1. The second-order valence-corrected chi connectivity index (χ2v) is 7.44. The van der Waals surface area contributed by atoms with Crippen molar-refractivity contribution in [3.63, 3.8) is 0 Å². The van der Waals surface area contributed by atoms with Crippen molar-refractivity contribution in [1.29, 1.82) is 0 Å². The quantitative estimate of drug-likeness (QED) is 0.928. The van der Waals surface area contributed by atoms with Crippen molar-refractivity contribution in [1.82, 2.24) is 4.31 Å². The predicted molar refractivity (Wildman–Crippen MR) is 79.3 cm³/mol. The molecule has 0 amide bonds. The Morgan fingerprint density at radius 1 is 1.45 bits per heavy atom. The van der Waals surface area contributed by atoms with E-state index in [-0.39, 0.29) is 10.9 Å². The lowest BCUT2D eigenvalue weighted by molar-refractivity contribution is 0.0667. The molecule has 1 N–H and O–H groups in total. The Hall–Kier alpha value is -0.620. The summed E-state index contributed by atoms with van der Waals surface area (Å²) in [6.07, 6.45) is 2.40. The Morgan fingerprint density at radius 2 is 2.20 bits per heavy atom. The number of piperidine rings is 1. The van der Waals surface area contributed by atoms with E-state index < -0.39 is 16.1 Å². The normalized spacial score (nSPS) is 22.6. The Kier molecular flexibility index (Phi) is 5.07. The molecule has 1 aromatic rings. The van der Waals surface area contributed by atoms with E-state index in [1.165, 1.54) is 10.4 Å². The fourth-order valence-corrected chi connectivity index (χ4v) is 4.67. The Balaban J connectivity index is 2.35. The van der Waals surface area contributed by atoms with Gasteiger partial charge in [0, 0.05) is 11.6 Å². The first-order chi connectivity index (χ1) is 9.46. The molecule has 0 radical (unpaired) electrons. The molecule has 1 aliphatic heterocycles. The number of hydrogen-bond donors (Lipinski definition) is 1. The third-order valence-corrected chi connectivity index (χ3v) is 5.92. The van der Waals surface area contributed by atoms with Gasteiger partial charge in [-0.3, -0.25) is 0 Å². The highest BCUT2D eigenvalue weighted by molar-refractivity contribution is 7.89. The lowest BCUT2D eigenvalue weighted by atomic mass is 9.98. The Labute approximate surface area is 125 Å². The second kappa shape index (κ2) is 6.43. The monoisotopic (exact) mass is 317 g/mol. The van der Waals surface area contributed by atoms with Crippen molar-refractivity contribution in [3.8, 4) is 0 Å². The van der Waals surface area contributed by atoms with Gasteiger partial charge in [-0.05, 0) is 37.5 Å². The first kappa shape index (κ1) is 15.8. The van der Waals surface area contributed by atoms with Gasteiger partial charge in [0.1, 0.15) is 0 Å². The maximum Gasteiger partial charge on any atom is 0.243 e. The van der Waals surface area contributed by atoms with Gasteiger partial charge in [0.25, 0.3) is 0 Å². The van der Waals surface area contributed by atoms with E-state index in [1.54, 1.807) is 18.2 Å². The minimum absolute atomic E-state index is 0.195. The van der Waals surface area contributed by atoms with Crippen molar-refractivity contribution in [2.24, 2.45) is 0 Å². The summed E-state index contributed by atoms with van der Waals surface area (Å²) < 4.78 is 26.9. The van der Waals surface area contributed by atoms with Gasteiger partial charge in [-0.25, -0.2) is 8.42 Å². The molecule has 0 aliphatic carbocycles. The van der Waals surface area contributed by atoms with Gasteiger partial charge < -0.3 is 5.11 Å². The molecule has 0 bridgehead atoms. The standard InChI is InChI=1S/C14H20ClNO3S/c1-2-14(17)13-8-3-4-9-16(13)20(18,19)12-7-5-6-11(15)10-12/h5-7,10,13-14,17H,2-4,8-9H2,1H3. The van der Waals surface area contributed by atoms with Gasteiger partial charge in [0.2, 0.25) is 10.0 Å². The van der Waals surface area contributed by atoms with E-state index in [0.29, 0.717) is 24.4 Å². The summed E-state index contributed by atoms with van der Waals surface area (Å²) in [6, 6.07) is 5.95. The molecule has 1 aromatic carbocycles. The molecular formula is C14H20ClNO3S. The molecular weight excluding hydrogens is 298 g/mol. The smallest absolute Gasteiger partial charge is 0.243 e. The van der Waals surface area contributed by atoms with Gasteiger partial charge >= 0.3 is 0 Å². The zero-order valence-electron chi connectivity index (χ0n) is 11.5. The number of sulfonamides is 1. The first-order valence-corrected chi connectivity index (χ1v) is 8.74. The number of hydrogen-bond acceptors (Lipinski definition) is 3.